The lowest BCUT2D eigenvalue weighted by atomic mass is 10.3. The molecule has 0 aromatic carbocycles. The molecule has 20 heavy (non-hydrogen) atoms. The van der Waals surface area contributed by atoms with Gasteiger partial charge in [-0.05, 0) is 13.8 Å². The lowest BCUT2D eigenvalue weighted by molar-refractivity contribution is 0.100. The van der Waals surface area contributed by atoms with E-state index >= 15 is 0 Å². The fraction of sp³-hybridized carbons (Fsp3) is 0.462. The van der Waals surface area contributed by atoms with Gasteiger partial charge in [-0.2, -0.15) is 0 Å². The average Bonchev–Trinajstić information content (AvgIpc) is 3.02. The molecule has 7 nitrogen and oxygen atoms in total. The van der Waals surface area contributed by atoms with Crippen molar-refractivity contribution >= 4 is 17.0 Å². The van der Waals surface area contributed by atoms with Crippen LogP contribution in [0.3, 0.4) is 0 Å². The molecule has 0 bridgehead atoms. The molecule has 0 radical (unpaired) electrons. The molecule has 3 N–H and O–H groups in total. The van der Waals surface area contributed by atoms with E-state index in [1.165, 1.54) is 6.33 Å². The summed E-state index contributed by atoms with van der Waals surface area (Å²) >= 11 is 0. The van der Waals surface area contributed by atoms with Crippen LogP contribution in [0.25, 0.3) is 11.2 Å². The van der Waals surface area contributed by atoms with E-state index in [4.69, 9.17) is 10.5 Å². The Kier molecular flexibility index (Phi) is 3.17. The number of anilines is 1. The van der Waals surface area contributed by atoms with Gasteiger partial charge in [0.05, 0.1) is 0 Å². The van der Waals surface area contributed by atoms with E-state index in [2.05, 4.69) is 34.1 Å². The van der Waals surface area contributed by atoms with Gasteiger partial charge in [0.1, 0.15) is 23.9 Å². The molecular weight excluding hydrogens is 256 g/mol. The third-order valence-electron chi connectivity index (χ3n) is 3.20. The summed E-state index contributed by atoms with van der Waals surface area (Å²) in [6.07, 6.45) is 6.79. The van der Waals surface area contributed by atoms with E-state index < -0.39 is 0 Å². The van der Waals surface area contributed by atoms with Gasteiger partial charge in [-0.15, -0.1) is 0 Å². The maximum absolute atomic E-state index is 5.92. The van der Waals surface area contributed by atoms with E-state index in [-0.39, 0.29) is 6.23 Å². The zero-order chi connectivity index (χ0) is 14.1. The number of hydrogen-bond donors (Lipinski definition) is 2. The Hall–Kier alpha value is -2.31. The second-order valence-electron chi connectivity index (χ2n) is 5.13. The van der Waals surface area contributed by atoms with Crippen molar-refractivity contribution < 1.29 is 4.74 Å². The summed E-state index contributed by atoms with van der Waals surface area (Å²) in [4.78, 5) is 12.4. The molecule has 1 saturated heterocycles. The second-order valence-corrected chi connectivity index (χ2v) is 5.13. The van der Waals surface area contributed by atoms with Crippen LogP contribution in [0.1, 0.15) is 32.9 Å². The van der Waals surface area contributed by atoms with Crippen LogP contribution in [0.2, 0.25) is 0 Å². The van der Waals surface area contributed by atoms with Crippen molar-refractivity contribution in [1.29, 1.82) is 0 Å². The number of nitrogens with two attached hydrogens (primary N) is 1. The highest BCUT2D eigenvalue weighted by Gasteiger charge is 2.24. The maximum Gasteiger partial charge on any atom is 0.178 e. The standard InChI is InChI=1S/C13H18N6O/c1-8(2)15-5-9-3-4-10(20-9)19-7-18-11-12(14)16-6-17-13(11)19/h5-8,10,15H,3-4H2,1-2H3,(H2,14,16,17)/b9-5+. The van der Waals surface area contributed by atoms with E-state index in [0.717, 1.165) is 18.6 Å². The van der Waals surface area contributed by atoms with Crippen LogP contribution >= 0.6 is 0 Å². The molecule has 0 aliphatic carbocycles. The molecule has 106 valence electrons. The summed E-state index contributed by atoms with van der Waals surface area (Å²) in [5.74, 6) is 1.34. The fourth-order valence-electron chi connectivity index (χ4n) is 2.20. The Balaban J connectivity index is 1.83. The molecule has 0 amide bonds. The Morgan fingerprint density at radius 1 is 1.45 bits per heavy atom. The van der Waals surface area contributed by atoms with Crippen LogP contribution in [-0.4, -0.2) is 25.6 Å². The van der Waals surface area contributed by atoms with Gasteiger partial charge in [-0.25, -0.2) is 15.0 Å². The van der Waals surface area contributed by atoms with Crippen LogP contribution in [0.15, 0.2) is 24.6 Å². The SMILES string of the molecule is CC(C)N/C=C1\CCC(n2cnc3c(N)ncnc32)O1. The molecule has 1 fully saturated rings. The molecule has 1 aliphatic heterocycles. The van der Waals surface area contributed by atoms with Crippen LogP contribution in [0.5, 0.6) is 0 Å². The van der Waals surface area contributed by atoms with Gasteiger partial charge in [0.25, 0.3) is 0 Å². The molecular formula is C13H18N6O. The third-order valence-corrected chi connectivity index (χ3v) is 3.20. The number of nitrogens with one attached hydrogen (secondary N) is 1. The van der Waals surface area contributed by atoms with E-state index in [9.17, 15) is 0 Å². The predicted octanol–water partition coefficient (Wildman–Crippen LogP) is 1.56. The minimum Gasteiger partial charge on any atom is -0.473 e. The minimum absolute atomic E-state index is 0.0884. The monoisotopic (exact) mass is 274 g/mol. The topological polar surface area (TPSA) is 90.9 Å². The number of rotatable bonds is 3. The first kappa shape index (κ1) is 12.7. The molecule has 1 aliphatic rings. The van der Waals surface area contributed by atoms with Gasteiger partial charge in [0.2, 0.25) is 0 Å². The molecule has 2 aromatic rings. The number of imidazole rings is 1. The fourth-order valence-corrected chi connectivity index (χ4v) is 2.20. The number of nitrogens with zero attached hydrogens (tertiary/aromatic N) is 4. The molecule has 0 saturated carbocycles. The Morgan fingerprint density at radius 2 is 2.30 bits per heavy atom. The Morgan fingerprint density at radius 3 is 3.10 bits per heavy atom. The van der Waals surface area contributed by atoms with Crippen molar-refractivity contribution in [1.82, 2.24) is 24.8 Å². The van der Waals surface area contributed by atoms with Crippen molar-refractivity contribution in [2.75, 3.05) is 5.73 Å². The molecule has 0 spiro atoms. The molecule has 3 rings (SSSR count). The molecule has 7 heteroatoms. The number of fused-ring (bicyclic) bond motifs is 1. The number of hydrogen-bond acceptors (Lipinski definition) is 6. The summed E-state index contributed by atoms with van der Waals surface area (Å²) in [7, 11) is 0. The number of aromatic nitrogens is 4. The van der Waals surface area contributed by atoms with Gasteiger partial charge in [0, 0.05) is 25.1 Å². The van der Waals surface area contributed by atoms with E-state index in [0.29, 0.717) is 23.0 Å². The maximum atomic E-state index is 5.92. The zero-order valence-corrected chi connectivity index (χ0v) is 11.6. The highest BCUT2D eigenvalue weighted by Crippen LogP contribution is 2.32. The summed E-state index contributed by atoms with van der Waals surface area (Å²) in [6, 6.07) is 0.395. The normalized spacial score (nSPS) is 20.8. The van der Waals surface area contributed by atoms with Crippen LogP contribution in [-0.2, 0) is 4.74 Å². The van der Waals surface area contributed by atoms with Gasteiger partial charge in [-0.3, -0.25) is 4.57 Å². The van der Waals surface area contributed by atoms with Gasteiger partial charge < -0.3 is 15.8 Å². The van der Waals surface area contributed by atoms with E-state index in [1.807, 2.05) is 10.8 Å². The second kappa shape index (κ2) is 4.99. The van der Waals surface area contributed by atoms with Crippen LogP contribution in [0.4, 0.5) is 5.82 Å². The quantitative estimate of drug-likeness (QED) is 0.882. The summed E-state index contributed by atoms with van der Waals surface area (Å²) in [5, 5.41) is 3.24. The van der Waals surface area contributed by atoms with Gasteiger partial charge >= 0.3 is 0 Å². The minimum atomic E-state index is -0.0884. The van der Waals surface area contributed by atoms with Crippen molar-refractivity contribution in [3.05, 3.63) is 24.6 Å². The molecule has 3 heterocycles. The average molecular weight is 274 g/mol. The zero-order valence-electron chi connectivity index (χ0n) is 11.6. The highest BCUT2D eigenvalue weighted by molar-refractivity contribution is 5.81. The predicted molar refractivity (Wildman–Crippen MR) is 75.4 cm³/mol. The number of ether oxygens (including phenoxy) is 1. The van der Waals surface area contributed by atoms with Crippen LogP contribution < -0.4 is 11.1 Å². The number of nitrogen functional groups attached to an aromatic ring is 1. The summed E-state index contributed by atoms with van der Waals surface area (Å²) in [5.41, 5.74) is 7.12. The molecule has 2 aromatic heterocycles. The van der Waals surface area contributed by atoms with Crippen LogP contribution in [0, 0.1) is 0 Å². The highest BCUT2D eigenvalue weighted by atomic mass is 16.5. The first-order valence-corrected chi connectivity index (χ1v) is 6.70. The van der Waals surface area contributed by atoms with Gasteiger partial charge in [0.15, 0.2) is 17.7 Å². The van der Waals surface area contributed by atoms with Crippen molar-refractivity contribution in [3.8, 4) is 0 Å². The lowest BCUT2D eigenvalue weighted by Gasteiger charge is -2.13. The Bertz CT molecular complexity index is 647. The van der Waals surface area contributed by atoms with Crippen molar-refractivity contribution in [3.63, 3.8) is 0 Å². The molecule has 1 unspecified atom stereocenters. The first-order chi connectivity index (χ1) is 9.65. The summed E-state index contributed by atoms with van der Waals surface area (Å²) < 4.78 is 7.83. The smallest absolute Gasteiger partial charge is 0.178 e. The van der Waals surface area contributed by atoms with Crippen molar-refractivity contribution in [2.45, 2.75) is 39.0 Å². The lowest BCUT2D eigenvalue weighted by Crippen LogP contribution is -2.16. The van der Waals surface area contributed by atoms with Gasteiger partial charge in [-0.1, -0.05) is 0 Å². The third kappa shape index (κ3) is 2.26. The van der Waals surface area contributed by atoms with Crippen molar-refractivity contribution in [2.24, 2.45) is 0 Å². The molecule has 1 atom stereocenters. The first-order valence-electron chi connectivity index (χ1n) is 6.70. The Labute approximate surface area is 116 Å². The summed E-state index contributed by atoms with van der Waals surface area (Å²) in [6.45, 7) is 4.18. The number of allylic oxidation sites excluding steroid dienone is 1. The largest absolute Gasteiger partial charge is 0.473 e. The van der Waals surface area contributed by atoms with E-state index in [1.54, 1.807) is 6.33 Å².